The highest BCUT2D eigenvalue weighted by Crippen LogP contribution is 2.24. The summed E-state index contributed by atoms with van der Waals surface area (Å²) >= 11 is 1.99. The van der Waals surface area contributed by atoms with Gasteiger partial charge in [0.15, 0.2) is 0 Å². The van der Waals surface area contributed by atoms with E-state index in [9.17, 15) is 8.78 Å². The van der Waals surface area contributed by atoms with Crippen LogP contribution in [0.2, 0.25) is 0 Å². The Morgan fingerprint density at radius 3 is 2.67 bits per heavy atom. The van der Waals surface area contributed by atoms with Gasteiger partial charge in [-0.1, -0.05) is 0 Å². The fraction of sp³-hybridized carbons (Fsp3) is 0.143. The van der Waals surface area contributed by atoms with Gasteiger partial charge in [0.05, 0.1) is 5.69 Å². The molecule has 1 rings (SSSR count). The zero-order valence-corrected chi connectivity index (χ0v) is 8.09. The van der Waals surface area contributed by atoms with Gasteiger partial charge in [-0.15, -0.1) is 0 Å². The molecular formula is C7H6F2INO. The molecule has 2 N–H and O–H groups in total. The van der Waals surface area contributed by atoms with Crippen LogP contribution in [0.15, 0.2) is 18.2 Å². The molecule has 0 saturated heterocycles. The van der Waals surface area contributed by atoms with E-state index in [0.29, 0.717) is 0 Å². The molecule has 0 fully saturated rings. The molecule has 0 saturated carbocycles. The lowest BCUT2D eigenvalue weighted by Gasteiger charge is -2.06. The summed E-state index contributed by atoms with van der Waals surface area (Å²) in [6, 6.07) is 4.70. The fourth-order valence-electron chi connectivity index (χ4n) is 0.706. The van der Waals surface area contributed by atoms with Gasteiger partial charge in [0.2, 0.25) is 0 Å². The Hall–Kier alpha value is -0.590. The fourth-order valence-corrected chi connectivity index (χ4v) is 1.17. The average Bonchev–Trinajstić information content (AvgIpc) is 1.96. The Labute approximate surface area is 81.8 Å². The first-order valence-corrected chi connectivity index (χ1v) is 4.17. The lowest BCUT2D eigenvalue weighted by Crippen LogP contribution is -2.04. The third-order valence-corrected chi connectivity index (χ3v) is 1.86. The van der Waals surface area contributed by atoms with E-state index in [1.807, 2.05) is 22.6 Å². The van der Waals surface area contributed by atoms with Gasteiger partial charge in [-0.25, -0.2) is 0 Å². The Morgan fingerprint density at radius 1 is 1.42 bits per heavy atom. The van der Waals surface area contributed by atoms with Gasteiger partial charge < -0.3 is 10.5 Å². The molecular weight excluding hydrogens is 279 g/mol. The SMILES string of the molecule is Nc1ccc(I)cc1OC(F)F. The number of benzene rings is 1. The van der Waals surface area contributed by atoms with Crippen molar-refractivity contribution in [2.75, 3.05) is 5.73 Å². The summed E-state index contributed by atoms with van der Waals surface area (Å²) < 4.78 is 28.5. The Kier molecular flexibility index (Phi) is 3.07. The summed E-state index contributed by atoms with van der Waals surface area (Å²) in [5, 5.41) is 0. The molecule has 0 bridgehead atoms. The predicted octanol–water partition coefficient (Wildman–Crippen LogP) is 2.47. The zero-order valence-electron chi connectivity index (χ0n) is 5.93. The van der Waals surface area contributed by atoms with Gasteiger partial charge >= 0.3 is 6.61 Å². The van der Waals surface area contributed by atoms with Crippen molar-refractivity contribution in [3.05, 3.63) is 21.8 Å². The number of alkyl halides is 2. The van der Waals surface area contributed by atoms with Crippen LogP contribution >= 0.6 is 22.6 Å². The lowest BCUT2D eigenvalue weighted by molar-refractivity contribution is -0.0493. The van der Waals surface area contributed by atoms with E-state index in [1.54, 1.807) is 6.07 Å². The van der Waals surface area contributed by atoms with E-state index < -0.39 is 6.61 Å². The summed E-state index contributed by atoms with van der Waals surface area (Å²) in [5.74, 6) is 0.0249. The summed E-state index contributed by atoms with van der Waals surface area (Å²) in [4.78, 5) is 0. The van der Waals surface area contributed by atoms with Crippen LogP contribution in [0.4, 0.5) is 14.5 Å². The van der Waals surface area contributed by atoms with E-state index in [-0.39, 0.29) is 11.4 Å². The van der Waals surface area contributed by atoms with Crippen LogP contribution in [-0.4, -0.2) is 6.61 Å². The molecule has 0 amide bonds. The zero-order chi connectivity index (χ0) is 9.14. The molecule has 1 aromatic carbocycles. The minimum atomic E-state index is -2.83. The first-order chi connectivity index (χ1) is 5.59. The third-order valence-electron chi connectivity index (χ3n) is 1.19. The lowest BCUT2D eigenvalue weighted by atomic mass is 10.3. The number of anilines is 1. The van der Waals surface area contributed by atoms with Crippen LogP contribution in [0.3, 0.4) is 0 Å². The predicted molar refractivity (Wildman–Crippen MR) is 50.2 cm³/mol. The largest absolute Gasteiger partial charge is 0.433 e. The number of nitrogen functional groups attached to an aromatic ring is 1. The van der Waals surface area contributed by atoms with Crippen LogP contribution in [-0.2, 0) is 0 Å². The molecule has 0 aliphatic rings. The molecule has 0 radical (unpaired) electrons. The molecule has 0 unspecified atom stereocenters. The van der Waals surface area contributed by atoms with E-state index >= 15 is 0 Å². The highest BCUT2D eigenvalue weighted by Gasteiger charge is 2.07. The van der Waals surface area contributed by atoms with Gasteiger partial charge in [0, 0.05) is 3.57 Å². The molecule has 2 nitrogen and oxygen atoms in total. The maximum Gasteiger partial charge on any atom is 0.387 e. The third kappa shape index (κ3) is 2.47. The van der Waals surface area contributed by atoms with E-state index in [2.05, 4.69) is 4.74 Å². The Bertz CT molecular complexity index is 280. The van der Waals surface area contributed by atoms with Crippen LogP contribution in [0.25, 0.3) is 0 Å². The summed E-state index contributed by atoms with van der Waals surface area (Å²) in [5.41, 5.74) is 5.59. The number of ether oxygens (including phenoxy) is 1. The van der Waals surface area contributed by atoms with Crippen LogP contribution in [0.5, 0.6) is 5.75 Å². The highest BCUT2D eigenvalue weighted by molar-refractivity contribution is 14.1. The van der Waals surface area contributed by atoms with Crippen LogP contribution < -0.4 is 10.5 Å². The number of halogens is 3. The molecule has 0 aromatic heterocycles. The molecule has 66 valence electrons. The quantitative estimate of drug-likeness (QED) is 0.669. The van der Waals surface area contributed by atoms with Crippen LogP contribution in [0.1, 0.15) is 0 Å². The minimum Gasteiger partial charge on any atom is -0.433 e. The summed E-state index contributed by atoms with van der Waals surface area (Å²) in [6.07, 6.45) is 0. The molecule has 0 heterocycles. The molecule has 0 atom stereocenters. The van der Waals surface area contributed by atoms with Crippen molar-refractivity contribution in [3.8, 4) is 5.75 Å². The first-order valence-electron chi connectivity index (χ1n) is 3.09. The second-order valence-corrected chi connectivity index (χ2v) is 3.31. The molecule has 5 heteroatoms. The number of hydrogen-bond donors (Lipinski definition) is 1. The maximum atomic E-state index is 11.8. The van der Waals surface area contributed by atoms with Crippen molar-refractivity contribution in [1.82, 2.24) is 0 Å². The standard InChI is InChI=1S/C7H6F2INO/c8-7(9)12-6-3-4(10)1-2-5(6)11/h1-3,7H,11H2. The summed E-state index contributed by atoms with van der Waals surface area (Å²) in [6.45, 7) is -2.83. The molecule has 12 heavy (non-hydrogen) atoms. The van der Waals surface area contributed by atoms with Crippen molar-refractivity contribution in [3.63, 3.8) is 0 Å². The molecule has 0 aliphatic heterocycles. The number of hydrogen-bond acceptors (Lipinski definition) is 2. The van der Waals surface area contributed by atoms with Gasteiger partial charge in [0.25, 0.3) is 0 Å². The number of nitrogens with two attached hydrogens (primary N) is 1. The van der Waals surface area contributed by atoms with Crippen molar-refractivity contribution in [2.45, 2.75) is 6.61 Å². The van der Waals surface area contributed by atoms with E-state index in [4.69, 9.17) is 5.73 Å². The monoisotopic (exact) mass is 285 g/mol. The maximum absolute atomic E-state index is 11.8. The van der Waals surface area contributed by atoms with Crippen molar-refractivity contribution in [1.29, 1.82) is 0 Å². The molecule has 0 aliphatic carbocycles. The molecule has 0 spiro atoms. The van der Waals surface area contributed by atoms with Crippen molar-refractivity contribution in [2.24, 2.45) is 0 Å². The van der Waals surface area contributed by atoms with Crippen molar-refractivity contribution >= 4 is 28.3 Å². The second kappa shape index (κ2) is 3.88. The topological polar surface area (TPSA) is 35.2 Å². The Balaban J connectivity index is 2.90. The molecule has 1 aromatic rings. The van der Waals surface area contributed by atoms with E-state index in [0.717, 1.165) is 3.57 Å². The summed E-state index contributed by atoms with van der Waals surface area (Å²) in [7, 11) is 0. The number of rotatable bonds is 2. The second-order valence-electron chi connectivity index (χ2n) is 2.06. The minimum absolute atomic E-state index is 0.0249. The van der Waals surface area contributed by atoms with Gasteiger partial charge in [-0.2, -0.15) is 8.78 Å². The van der Waals surface area contributed by atoms with E-state index in [1.165, 1.54) is 12.1 Å². The highest BCUT2D eigenvalue weighted by atomic mass is 127. The first kappa shape index (κ1) is 9.50. The smallest absolute Gasteiger partial charge is 0.387 e. The van der Waals surface area contributed by atoms with Gasteiger partial charge in [0.1, 0.15) is 5.75 Å². The van der Waals surface area contributed by atoms with Gasteiger partial charge in [-0.3, -0.25) is 0 Å². The van der Waals surface area contributed by atoms with Crippen LogP contribution in [0, 0.1) is 3.57 Å². The normalized spacial score (nSPS) is 10.3. The average molecular weight is 285 g/mol. The van der Waals surface area contributed by atoms with Gasteiger partial charge in [-0.05, 0) is 40.8 Å². The Morgan fingerprint density at radius 2 is 2.08 bits per heavy atom. The van der Waals surface area contributed by atoms with Crippen molar-refractivity contribution < 1.29 is 13.5 Å².